The first-order chi connectivity index (χ1) is 10.2. The Balaban J connectivity index is 2.28. The fourth-order valence-corrected chi connectivity index (χ4v) is 2.22. The van der Waals surface area contributed by atoms with E-state index >= 15 is 0 Å². The molecule has 0 aliphatic rings. The largest absolute Gasteiger partial charge is 0.450 e. The molecule has 0 saturated carbocycles. The van der Waals surface area contributed by atoms with Crippen LogP contribution in [0.2, 0.25) is 0 Å². The zero-order valence-electron chi connectivity index (χ0n) is 12.1. The lowest BCUT2D eigenvalue weighted by molar-refractivity contribution is -0.385. The van der Waals surface area contributed by atoms with Crippen LogP contribution in [0.1, 0.15) is 24.9 Å². The molecule has 0 aliphatic heterocycles. The predicted octanol–water partition coefficient (Wildman–Crippen LogP) is 4.06. The molecule has 2 aromatic carbocycles. The third kappa shape index (κ3) is 3.58. The highest BCUT2D eigenvalue weighted by atomic mass is 16.6. The van der Waals surface area contributed by atoms with E-state index in [0.29, 0.717) is 5.75 Å². The molecule has 110 valence electrons. The van der Waals surface area contributed by atoms with Gasteiger partial charge in [0.25, 0.3) is 0 Å². The number of hydrogen-bond acceptors (Lipinski definition) is 4. The Labute approximate surface area is 123 Å². The van der Waals surface area contributed by atoms with Crippen LogP contribution >= 0.6 is 0 Å². The fraction of sp³-hybridized carbons (Fsp3) is 0.250. The van der Waals surface area contributed by atoms with Crippen LogP contribution in [0.25, 0.3) is 0 Å². The molecule has 0 aromatic heterocycles. The third-order valence-electron chi connectivity index (χ3n) is 3.31. The van der Waals surface area contributed by atoms with E-state index in [1.807, 2.05) is 25.2 Å². The minimum Gasteiger partial charge on any atom is -0.450 e. The standard InChI is InChI=1S/C16H18N2O3/c1-3-14(17-2)12-7-6-8-13(11-12)21-16-10-5-4-9-15(16)18(19)20/h4-11,14,17H,3H2,1-2H3. The van der Waals surface area contributed by atoms with Crippen LogP contribution in [-0.4, -0.2) is 12.0 Å². The number of benzene rings is 2. The summed E-state index contributed by atoms with van der Waals surface area (Å²) in [5.41, 5.74) is 1.06. The van der Waals surface area contributed by atoms with Crippen molar-refractivity contribution in [3.63, 3.8) is 0 Å². The van der Waals surface area contributed by atoms with Crippen LogP contribution in [0.5, 0.6) is 11.5 Å². The van der Waals surface area contributed by atoms with E-state index < -0.39 is 4.92 Å². The van der Waals surface area contributed by atoms with Crippen LogP contribution in [-0.2, 0) is 0 Å². The summed E-state index contributed by atoms with van der Waals surface area (Å²) < 4.78 is 5.68. The van der Waals surface area contributed by atoms with E-state index in [4.69, 9.17) is 4.74 Å². The lowest BCUT2D eigenvalue weighted by Gasteiger charge is -2.15. The van der Waals surface area contributed by atoms with Gasteiger partial charge in [-0.2, -0.15) is 0 Å². The van der Waals surface area contributed by atoms with Gasteiger partial charge in [-0.25, -0.2) is 0 Å². The first-order valence-electron chi connectivity index (χ1n) is 6.84. The van der Waals surface area contributed by atoms with E-state index in [1.54, 1.807) is 24.3 Å². The monoisotopic (exact) mass is 286 g/mol. The van der Waals surface area contributed by atoms with Crippen molar-refractivity contribution in [3.8, 4) is 11.5 Å². The Kier molecular flexibility index (Phi) is 4.90. The van der Waals surface area contributed by atoms with Crippen molar-refractivity contribution >= 4 is 5.69 Å². The maximum Gasteiger partial charge on any atom is 0.311 e. The summed E-state index contributed by atoms with van der Waals surface area (Å²) in [7, 11) is 1.91. The number of nitrogens with zero attached hydrogens (tertiary/aromatic N) is 1. The summed E-state index contributed by atoms with van der Waals surface area (Å²) in [6, 6.07) is 14.2. The van der Waals surface area contributed by atoms with Gasteiger partial charge in [0, 0.05) is 12.1 Å². The molecule has 5 nitrogen and oxygen atoms in total. The molecule has 1 unspecified atom stereocenters. The molecule has 0 fully saturated rings. The maximum absolute atomic E-state index is 11.0. The molecular formula is C16H18N2O3. The molecule has 0 aliphatic carbocycles. The number of nitrogens with one attached hydrogen (secondary N) is 1. The van der Waals surface area contributed by atoms with Gasteiger partial charge in [0.05, 0.1) is 4.92 Å². The molecule has 5 heteroatoms. The molecule has 0 saturated heterocycles. The quantitative estimate of drug-likeness (QED) is 0.642. The maximum atomic E-state index is 11.0. The van der Waals surface area contributed by atoms with Crippen molar-refractivity contribution in [3.05, 3.63) is 64.2 Å². The minimum atomic E-state index is -0.443. The van der Waals surface area contributed by atoms with Gasteiger partial charge in [0.1, 0.15) is 5.75 Å². The van der Waals surface area contributed by atoms with Crippen molar-refractivity contribution in [1.29, 1.82) is 0 Å². The Bertz CT molecular complexity index is 624. The van der Waals surface area contributed by atoms with E-state index in [9.17, 15) is 10.1 Å². The van der Waals surface area contributed by atoms with Crippen molar-refractivity contribution in [2.75, 3.05) is 7.05 Å². The molecule has 1 N–H and O–H groups in total. The predicted molar refractivity (Wildman–Crippen MR) is 81.7 cm³/mol. The Morgan fingerprint density at radius 1 is 1.24 bits per heavy atom. The summed E-state index contributed by atoms with van der Waals surface area (Å²) in [4.78, 5) is 10.6. The fourth-order valence-electron chi connectivity index (χ4n) is 2.22. The molecular weight excluding hydrogens is 268 g/mol. The lowest BCUT2D eigenvalue weighted by Crippen LogP contribution is -2.14. The highest BCUT2D eigenvalue weighted by Gasteiger charge is 2.15. The van der Waals surface area contributed by atoms with Crippen molar-refractivity contribution in [2.24, 2.45) is 0 Å². The van der Waals surface area contributed by atoms with Gasteiger partial charge in [-0.3, -0.25) is 10.1 Å². The number of para-hydroxylation sites is 2. The van der Waals surface area contributed by atoms with Gasteiger partial charge < -0.3 is 10.1 Å². The van der Waals surface area contributed by atoms with Crippen LogP contribution in [0.4, 0.5) is 5.69 Å². The average molecular weight is 286 g/mol. The Morgan fingerprint density at radius 3 is 2.67 bits per heavy atom. The molecule has 1 atom stereocenters. The zero-order valence-corrected chi connectivity index (χ0v) is 12.1. The van der Waals surface area contributed by atoms with E-state index in [0.717, 1.165) is 12.0 Å². The van der Waals surface area contributed by atoms with Crippen molar-refractivity contribution in [1.82, 2.24) is 5.32 Å². The molecule has 0 amide bonds. The number of ether oxygens (including phenoxy) is 1. The summed E-state index contributed by atoms with van der Waals surface area (Å²) in [6.07, 6.45) is 0.950. The normalized spacial score (nSPS) is 11.9. The SMILES string of the molecule is CCC(NC)c1cccc(Oc2ccccc2[N+](=O)[O-])c1. The second kappa shape index (κ2) is 6.85. The molecule has 0 radical (unpaired) electrons. The highest BCUT2D eigenvalue weighted by molar-refractivity contribution is 5.48. The van der Waals surface area contributed by atoms with Gasteiger partial charge >= 0.3 is 5.69 Å². The van der Waals surface area contributed by atoms with Gasteiger partial charge in [0.15, 0.2) is 0 Å². The summed E-state index contributed by atoms with van der Waals surface area (Å²) in [5.74, 6) is 0.840. The second-order valence-corrected chi connectivity index (χ2v) is 4.65. The number of nitro benzene ring substituents is 1. The molecule has 2 rings (SSSR count). The van der Waals surface area contributed by atoms with Crippen molar-refractivity contribution < 1.29 is 9.66 Å². The molecule has 0 spiro atoms. The van der Waals surface area contributed by atoms with E-state index in [1.165, 1.54) is 6.07 Å². The third-order valence-corrected chi connectivity index (χ3v) is 3.31. The van der Waals surface area contributed by atoms with Crippen LogP contribution in [0.3, 0.4) is 0 Å². The smallest absolute Gasteiger partial charge is 0.311 e. The summed E-state index contributed by atoms with van der Waals surface area (Å²) in [6.45, 7) is 2.09. The van der Waals surface area contributed by atoms with Crippen molar-refractivity contribution in [2.45, 2.75) is 19.4 Å². The Hall–Kier alpha value is -2.40. The molecule has 2 aromatic rings. The second-order valence-electron chi connectivity index (χ2n) is 4.65. The minimum absolute atomic E-state index is 0.0384. The molecule has 0 bridgehead atoms. The average Bonchev–Trinajstić information content (AvgIpc) is 2.49. The lowest BCUT2D eigenvalue weighted by atomic mass is 10.0. The zero-order chi connectivity index (χ0) is 15.2. The van der Waals surface area contributed by atoms with Gasteiger partial charge in [-0.1, -0.05) is 31.2 Å². The molecule has 21 heavy (non-hydrogen) atoms. The van der Waals surface area contributed by atoms with Crippen LogP contribution in [0.15, 0.2) is 48.5 Å². The van der Waals surface area contributed by atoms with Crippen LogP contribution < -0.4 is 10.1 Å². The van der Waals surface area contributed by atoms with E-state index in [-0.39, 0.29) is 17.5 Å². The number of rotatable bonds is 6. The topological polar surface area (TPSA) is 64.4 Å². The number of nitro groups is 1. The highest BCUT2D eigenvalue weighted by Crippen LogP contribution is 2.32. The van der Waals surface area contributed by atoms with Gasteiger partial charge in [0.2, 0.25) is 5.75 Å². The summed E-state index contributed by atoms with van der Waals surface area (Å²) in [5, 5.41) is 14.2. The first-order valence-corrected chi connectivity index (χ1v) is 6.84. The summed E-state index contributed by atoms with van der Waals surface area (Å²) >= 11 is 0. The van der Waals surface area contributed by atoms with Gasteiger partial charge in [-0.15, -0.1) is 0 Å². The first kappa shape index (κ1) is 15.0. The number of hydrogen-bond donors (Lipinski definition) is 1. The van der Waals surface area contributed by atoms with E-state index in [2.05, 4.69) is 12.2 Å². The Morgan fingerprint density at radius 2 is 2.00 bits per heavy atom. The molecule has 0 heterocycles. The van der Waals surface area contributed by atoms with Gasteiger partial charge in [-0.05, 0) is 37.2 Å². The van der Waals surface area contributed by atoms with Crippen LogP contribution in [0, 0.1) is 10.1 Å².